The number of nitrogens with one attached hydrogen (secondary N) is 1. The summed E-state index contributed by atoms with van der Waals surface area (Å²) in [5.41, 5.74) is 3.03. The number of carbonyl (C=O) groups excluding carboxylic acids is 1. The van der Waals surface area contributed by atoms with E-state index in [4.69, 9.17) is 10.4 Å². The van der Waals surface area contributed by atoms with Crippen molar-refractivity contribution in [3.8, 4) is 6.07 Å². The summed E-state index contributed by atoms with van der Waals surface area (Å²) in [5, 5.41) is 24.7. The van der Waals surface area contributed by atoms with Crippen molar-refractivity contribution in [2.75, 3.05) is 6.61 Å². The van der Waals surface area contributed by atoms with Gasteiger partial charge in [-0.1, -0.05) is 0 Å². The van der Waals surface area contributed by atoms with Crippen molar-refractivity contribution in [1.82, 2.24) is 15.1 Å². The number of rotatable bonds is 8. The number of hydrogen-bond donors (Lipinski definition) is 2. The van der Waals surface area contributed by atoms with Gasteiger partial charge in [0.2, 0.25) is 5.91 Å². The fraction of sp³-hybridized carbons (Fsp3) is 0.667. The van der Waals surface area contributed by atoms with Crippen LogP contribution in [0.4, 0.5) is 0 Å². The molecule has 1 unspecified atom stereocenters. The molecule has 0 aliphatic carbocycles. The van der Waals surface area contributed by atoms with Gasteiger partial charge in [0.05, 0.1) is 24.7 Å². The highest BCUT2D eigenvalue weighted by Gasteiger charge is 2.13. The molecule has 21 heavy (non-hydrogen) atoms. The van der Waals surface area contributed by atoms with E-state index in [1.165, 1.54) is 0 Å². The third kappa shape index (κ3) is 5.20. The van der Waals surface area contributed by atoms with E-state index in [1.807, 2.05) is 25.5 Å². The maximum Gasteiger partial charge on any atom is 0.220 e. The Morgan fingerprint density at radius 1 is 1.52 bits per heavy atom. The van der Waals surface area contributed by atoms with Gasteiger partial charge in [0, 0.05) is 24.8 Å². The molecule has 1 atom stereocenters. The van der Waals surface area contributed by atoms with Gasteiger partial charge < -0.3 is 10.4 Å². The van der Waals surface area contributed by atoms with Crippen LogP contribution in [0.2, 0.25) is 0 Å². The first-order chi connectivity index (χ1) is 9.99. The van der Waals surface area contributed by atoms with Gasteiger partial charge in [-0.3, -0.25) is 9.48 Å². The molecule has 1 amide bonds. The number of hydrogen-bond acceptors (Lipinski definition) is 4. The molecular weight excluding hydrogens is 268 g/mol. The third-order valence-corrected chi connectivity index (χ3v) is 3.54. The largest absolute Gasteiger partial charge is 0.396 e. The number of aromatic nitrogens is 2. The summed E-state index contributed by atoms with van der Waals surface area (Å²) in [7, 11) is 0. The van der Waals surface area contributed by atoms with E-state index in [0.29, 0.717) is 32.2 Å². The molecule has 0 aromatic carbocycles. The second kappa shape index (κ2) is 8.42. The minimum atomic E-state index is -0.0143. The molecule has 6 nitrogen and oxygen atoms in total. The average Bonchev–Trinajstić information content (AvgIpc) is 2.69. The Labute approximate surface area is 125 Å². The molecule has 0 bridgehead atoms. The van der Waals surface area contributed by atoms with Crippen molar-refractivity contribution in [3.05, 3.63) is 17.0 Å². The first kappa shape index (κ1) is 17.2. The van der Waals surface area contributed by atoms with Crippen molar-refractivity contribution in [1.29, 1.82) is 5.26 Å². The smallest absolute Gasteiger partial charge is 0.220 e. The molecule has 1 heterocycles. The van der Waals surface area contributed by atoms with Gasteiger partial charge in [-0.15, -0.1) is 0 Å². The van der Waals surface area contributed by atoms with Gasteiger partial charge in [0.15, 0.2) is 0 Å². The van der Waals surface area contributed by atoms with Gasteiger partial charge in [-0.05, 0) is 39.2 Å². The second-order valence-corrected chi connectivity index (χ2v) is 5.26. The van der Waals surface area contributed by atoms with Crippen molar-refractivity contribution in [3.63, 3.8) is 0 Å². The highest BCUT2D eigenvalue weighted by molar-refractivity contribution is 5.76. The van der Waals surface area contributed by atoms with Crippen LogP contribution >= 0.6 is 0 Å². The highest BCUT2D eigenvalue weighted by Crippen LogP contribution is 2.15. The topological polar surface area (TPSA) is 90.9 Å². The van der Waals surface area contributed by atoms with Crippen molar-refractivity contribution < 1.29 is 9.90 Å². The van der Waals surface area contributed by atoms with Gasteiger partial charge in [0.1, 0.15) is 0 Å². The number of aliphatic hydroxyl groups is 1. The summed E-state index contributed by atoms with van der Waals surface area (Å²) in [5.74, 6) is -0.0143. The molecule has 116 valence electrons. The van der Waals surface area contributed by atoms with Crippen molar-refractivity contribution in [2.45, 2.75) is 59.0 Å². The fourth-order valence-electron chi connectivity index (χ4n) is 2.32. The van der Waals surface area contributed by atoms with Crippen LogP contribution in [-0.4, -0.2) is 33.4 Å². The number of aryl methyl sites for hydroxylation is 2. The minimum Gasteiger partial charge on any atom is -0.396 e. The molecule has 1 aromatic heterocycles. The summed E-state index contributed by atoms with van der Waals surface area (Å²) in [6.45, 7) is 6.44. The molecule has 1 aromatic rings. The van der Waals surface area contributed by atoms with E-state index in [9.17, 15) is 4.79 Å². The zero-order valence-electron chi connectivity index (χ0n) is 13.0. The SMILES string of the molecule is Cc1nn(CCC#N)c(C)c1CCC(=O)NC(C)CCO. The lowest BCUT2D eigenvalue weighted by molar-refractivity contribution is -0.121. The van der Waals surface area contributed by atoms with E-state index in [0.717, 1.165) is 17.0 Å². The van der Waals surface area contributed by atoms with Crippen molar-refractivity contribution in [2.24, 2.45) is 0 Å². The standard InChI is InChI=1S/C15H24N4O2/c1-11(7-10-20)17-15(21)6-5-14-12(2)18-19(13(14)3)9-4-8-16/h11,20H,4-7,9-10H2,1-3H3,(H,17,21). The molecule has 0 aliphatic heterocycles. The van der Waals surface area contributed by atoms with Gasteiger partial charge in [0.25, 0.3) is 0 Å². The first-order valence-electron chi connectivity index (χ1n) is 7.29. The lowest BCUT2D eigenvalue weighted by Gasteiger charge is -2.12. The predicted molar refractivity (Wildman–Crippen MR) is 79.6 cm³/mol. The van der Waals surface area contributed by atoms with Crippen LogP contribution in [0.5, 0.6) is 0 Å². The third-order valence-electron chi connectivity index (χ3n) is 3.54. The Bertz CT molecular complexity index is 516. The quantitative estimate of drug-likeness (QED) is 0.754. The zero-order valence-corrected chi connectivity index (χ0v) is 13.0. The molecule has 6 heteroatoms. The van der Waals surface area contributed by atoms with Gasteiger partial charge in [-0.25, -0.2) is 0 Å². The molecular formula is C15H24N4O2. The number of nitrogens with zero attached hydrogens (tertiary/aromatic N) is 3. The summed E-state index contributed by atoms with van der Waals surface area (Å²) in [6.07, 6.45) is 2.04. The normalized spacial score (nSPS) is 12.0. The minimum absolute atomic E-state index is 0.0111. The van der Waals surface area contributed by atoms with Crippen LogP contribution in [0, 0.1) is 25.2 Å². The van der Waals surface area contributed by atoms with Crippen LogP contribution in [0.1, 0.15) is 43.1 Å². The number of aliphatic hydroxyl groups excluding tert-OH is 1. The summed E-state index contributed by atoms with van der Waals surface area (Å²) in [4.78, 5) is 11.8. The van der Waals surface area contributed by atoms with Crippen molar-refractivity contribution >= 4 is 5.91 Å². The van der Waals surface area contributed by atoms with E-state index in [1.54, 1.807) is 0 Å². The first-order valence-corrected chi connectivity index (χ1v) is 7.29. The van der Waals surface area contributed by atoms with Crippen LogP contribution < -0.4 is 5.32 Å². The second-order valence-electron chi connectivity index (χ2n) is 5.26. The van der Waals surface area contributed by atoms with Crippen LogP contribution in [0.25, 0.3) is 0 Å². The lowest BCUT2D eigenvalue weighted by atomic mass is 10.1. The molecule has 0 fully saturated rings. The maximum absolute atomic E-state index is 11.8. The summed E-state index contributed by atoms with van der Waals surface area (Å²) in [6, 6.07) is 2.10. The number of carbonyl (C=O) groups is 1. The van der Waals surface area contributed by atoms with Gasteiger partial charge in [-0.2, -0.15) is 10.4 Å². The van der Waals surface area contributed by atoms with E-state index >= 15 is 0 Å². The maximum atomic E-state index is 11.8. The van der Waals surface area contributed by atoms with Crippen LogP contribution in [0.3, 0.4) is 0 Å². The Hall–Kier alpha value is -1.87. The molecule has 0 spiro atoms. The van der Waals surface area contributed by atoms with Crippen LogP contribution in [-0.2, 0) is 17.8 Å². The van der Waals surface area contributed by atoms with E-state index < -0.39 is 0 Å². The van der Waals surface area contributed by atoms with Gasteiger partial charge >= 0.3 is 0 Å². The Morgan fingerprint density at radius 3 is 2.86 bits per heavy atom. The van der Waals surface area contributed by atoms with E-state index in [2.05, 4.69) is 16.5 Å². The molecule has 0 aliphatic rings. The fourth-order valence-corrected chi connectivity index (χ4v) is 2.32. The Morgan fingerprint density at radius 2 is 2.24 bits per heavy atom. The predicted octanol–water partition coefficient (Wildman–Crippen LogP) is 1.23. The Kier molecular flexibility index (Phi) is 6.89. The number of nitriles is 1. The molecule has 2 N–H and O–H groups in total. The van der Waals surface area contributed by atoms with Crippen LogP contribution in [0.15, 0.2) is 0 Å². The van der Waals surface area contributed by atoms with E-state index in [-0.39, 0.29) is 18.6 Å². The summed E-state index contributed by atoms with van der Waals surface area (Å²) < 4.78 is 1.83. The summed E-state index contributed by atoms with van der Waals surface area (Å²) >= 11 is 0. The Balaban J connectivity index is 2.57. The molecule has 0 saturated carbocycles. The molecule has 0 saturated heterocycles. The zero-order chi connectivity index (χ0) is 15.8. The molecule has 0 radical (unpaired) electrons. The number of amides is 1. The molecule has 1 rings (SSSR count). The highest BCUT2D eigenvalue weighted by atomic mass is 16.3. The lowest BCUT2D eigenvalue weighted by Crippen LogP contribution is -2.33. The monoisotopic (exact) mass is 292 g/mol. The average molecular weight is 292 g/mol.